The lowest BCUT2D eigenvalue weighted by atomic mass is 10.3. The molecule has 110 valence electrons. The standard InChI is InChI=1S/C13H13BrN4O3/c1-3-17-7-10(18(20)21)5-11(17)13(19)16-9-4-8(2)12(14)15-6-9/h4-7H,3H2,1-2H3,(H,16,19). The number of carbonyl (C=O) groups is 1. The third kappa shape index (κ3) is 3.27. The van der Waals surface area contributed by atoms with E-state index in [1.807, 2.05) is 13.8 Å². The van der Waals surface area contributed by atoms with Crippen LogP contribution in [0.3, 0.4) is 0 Å². The van der Waals surface area contributed by atoms with E-state index in [0.29, 0.717) is 16.8 Å². The molecule has 0 unspecified atom stereocenters. The fourth-order valence-corrected chi connectivity index (χ4v) is 2.09. The molecule has 2 aromatic heterocycles. The predicted octanol–water partition coefficient (Wildman–Crippen LogP) is 3.13. The van der Waals surface area contributed by atoms with E-state index in [1.165, 1.54) is 23.0 Å². The van der Waals surface area contributed by atoms with Gasteiger partial charge in [-0.2, -0.15) is 0 Å². The van der Waals surface area contributed by atoms with Gasteiger partial charge in [0, 0.05) is 12.6 Å². The molecule has 0 fully saturated rings. The molecule has 0 atom stereocenters. The van der Waals surface area contributed by atoms with E-state index in [9.17, 15) is 14.9 Å². The molecule has 0 saturated heterocycles. The van der Waals surface area contributed by atoms with Crippen molar-refractivity contribution in [2.75, 3.05) is 5.32 Å². The average molecular weight is 353 g/mol. The van der Waals surface area contributed by atoms with Crippen LogP contribution in [0.15, 0.2) is 29.1 Å². The maximum atomic E-state index is 12.2. The van der Waals surface area contributed by atoms with Gasteiger partial charge in [-0.15, -0.1) is 0 Å². The van der Waals surface area contributed by atoms with Crippen molar-refractivity contribution in [3.63, 3.8) is 0 Å². The van der Waals surface area contributed by atoms with Crippen LogP contribution in [0.5, 0.6) is 0 Å². The van der Waals surface area contributed by atoms with Crippen LogP contribution < -0.4 is 5.32 Å². The molecule has 2 heterocycles. The molecule has 1 amide bonds. The van der Waals surface area contributed by atoms with Gasteiger partial charge in [-0.1, -0.05) is 0 Å². The number of rotatable bonds is 4. The first-order chi connectivity index (χ1) is 9.92. The van der Waals surface area contributed by atoms with Crippen molar-refractivity contribution >= 4 is 33.2 Å². The van der Waals surface area contributed by atoms with Gasteiger partial charge in [0.2, 0.25) is 0 Å². The zero-order valence-corrected chi connectivity index (χ0v) is 13.0. The van der Waals surface area contributed by atoms with E-state index in [4.69, 9.17) is 0 Å². The number of aromatic nitrogens is 2. The van der Waals surface area contributed by atoms with Crippen molar-refractivity contribution in [3.8, 4) is 0 Å². The average Bonchev–Trinajstić information content (AvgIpc) is 2.87. The molecule has 0 aromatic carbocycles. The molecule has 7 nitrogen and oxygen atoms in total. The van der Waals surface area contributed by atoms with Crippen molar-refractivity contribution in [1.82, 2.24) is 9.55 Å². The van der Waals surface area contributed by atoms with E-state index in [0.717, 1.165) is 5.56 Å². The lowest BCUT2D eigenvalue weighted by Gasteiger charge is -2.08. The summed E-state index contributed by atoms with van der Waals surface area (Å²) in [4.78, 5) is 26.6. The molecule has 8 heteroatoms. The second-order valence-corrected chi connectivity index (χ2v) is 5.16. The molecule has 0 spiro atoms. The number of hydrogen-bond donors (Lipinski definition) is 1. The van der Waals surface area contributed by atoms with Gasteiger partial charge < -0.3 is 9.88 Å². The number of nitrogens with one attached hydrogen (secondary N) is 1. The highest BCUT2D eigenvalue weighted by Crippen LogP contribution is 2.20. The summed E-state index contributed by atoms with van der Waals surface area (Å²) in [6.07, 6.45) is 2.86. The van der Waals surface area contributed by atoms with E-state index in [-0.39, 0.29) is 11.4 Å². The Morgan fingerprint density at radius 3 is 2.81 bits per heavy atom. The molecule has 2 rings (SSSR count). The largest absolute Gasteiger partial charge is 0.337 e. The fourth-order valence-electron chi connectivity index (χ4n) is 1.87. The normalized spacial score (nSPS) is 10.4. The Morgan fingerprint density at radius 2 is 2.24 bits per heavy atom. The number of carbonyl (C=O) groups excluding carboxylic acids is 1. The summed E-state index contributed by atoms with van der Waals surface area (Å²) in [5, 5.41) is 13.5. The van der Waals surface area contributed by atoms with Crippen LogP contribution >= 0.6 is 15.9 Å². The van der Waals surface area contributed by atoms with E-state index >= 15 is 0 Å². The molecule has 1 N–H and O–H groups in total. The minimum atomic E-state index is -0.520. The van der Waals surface area contributed by atoms with Gasteiger partial charge in [-0.3, -0.25) is 14.9 Å². The smallest absolute Gasteiger partial charge is 0.287 e. The Labute approximate surface area is 129 Å². The number of anilines is 1. The lowest BCUT2D eigenvalue weighted by molar-refractivity contribution is -0.384. The van der Waals surface area contributed by atoms with Crippen LogP contribution in [-0.2, 0) is 6.54 Å². The van der Waals surface area contributed by atoms with E-state index in [1.54, 1.807) is 6.07 Å². The van der Waals surface area contributed by atoms with Crippen LogP contribution in [0.25, 0.3) is 0 Å². The minimum absolute atomic E-state index is 0.105. The topological polar surface area (TPSA) is 90.1 Å². The summed E-state index contributed by atoms with van der Waals surface area (Å²) in [6.45, 7) is 4.13. The fraction of sp³-hybridized carbons (Fsp3) is 0.231. The number of nitro groups is 1. The van der Waals surface area contributed by atoms with Gasteiger partial charge in [-0.25, -0.2) is 4.98 Å². The van der Waals surface area contributed by atoms with Crippen LogP contribution in [-0.4, -0.2) is 20.4 Å². The molecule has 0 aliphatic carbocycles. The highest BCUT2D eigenvalue weighted by molar-refractivity contribution is 9.10. The number of halogens is 1. The third-order valence-corrected chi connectivity index (χ3v) is 3.77. The highest BCUT2D eigenvalue weighted by Gasteiger charge is 2.18. The van der Waals surface area contributed by atoms with Gasteiger partial charge in [0.1, 0.15) is 10.3 Å². The molecular weight excluding hydrogens is 340 g/mol. The zero-order valence-electron chi connectivity index (χ0n) is 11.5. The molecule has 0 radical (unpaired) electrons. The number of pyridine rings is 1. The van der Waals surface area contributed by atoms with Crippen LogP contribution in [0, 0.1) is 17.0 Å². The zero-order chi connectivity index (χ0) is 15.6. The van der Waals surface area contributed by atoms with Gasteiger partial charge in [-0.05, 0) is 41.4 Å². The summed E-state index contributed by atoms with van der Waals surface area (Å²) in [5.74, 6) is -0.409. The van der Waals surface area contributed by atoms with Crippen molar-refractivity contribution in [2.24, 2.45) is 0 Å². The summed E-state index contributed by atoms with van der Waals surface area (Å²) >= 11 is 3.28. The molecule has 0 saturated carbocycles. The lowest BCUT2D eigenvalue weighted by Crippen LogP contribution is -2.16. The maximum Gasteiger partial charge on any atom is 0.287 e. The Hall–Kier alpha value is -2.22. The number of nitrogens with zero attached hydrogens (tertiary/aromatic N) is 3. The second kappa shape index (κ2) is 6.04. The molecule has 2 aromatic rings. The van der Waals surface area contributed by atoms with Crippen LogP contribution in [0.1, 0.15) is 23.0 Å². The van der Waals surface area contributed by atoms with Gasteiger partial charge in [0.05, 0.1) is 23.0 Å². The summed E-state index contributed by atoms with van der Waals surface area (Å²) in [5.41, 5.74) is 1.55. The van der Waals surface area contributed by atoms with Crippen molar-refractivity contribution in [2.45, 2.75) is 20.4 Å². The van der Waals surface area contributed by atoms with Crippen molar-refractivity contribution < 1.29 is 9.72 Å². The Morgan fingerprint density at radius 1 is 1.52 bits per heavy atom. The number of aryl methyl sites for hydroxylation is 2. The summed E-state index contributed by atoms with van der Waals surface area (Å²) < 4.78 is 2.24. The maximum absolute atomic E-state index is 12.2. The monoisotopic (exact) mass is 352 g/mol. The summed E-state index contributed by atoms with van der Waals surface area (Å²) in [6, 6.07) is 3.03. The first kappa shape index (κ1) is 15.2. The van der Waals surface area contributed by atoms with Crippen molar-refractivity contribution in [1.29, 1.82) is 0 Å². The Bertz CT molecular complexity index is 711. The Balaban J connectivity index is 2.27. The second-order valence-electron chi connectivity index (χ2n) is 4.41. The quantitative estimate of drug-likeness (QED) is 0.519. The minimum Gasteiger partial charge on any atom is -0.337 e. The molecule has 0 aliphatic heterocycles. The summed E-state index contributed by atoms with van der Waals surface area (Å²) in [7, 11) is 0. The third-order valence-electron chi connectivity index (χ3n) is 2.94. The van der Waals surface area contributed by atoms with Crippen LogP contribution in [0.4, 0.5) is 11.4 Å². The predicted molar refractivity (Wildman–Crippen MR) is 81.4 cm³/mol. The van der Waals surface area contributed by atoms with E-state index in [2.05, 4.69) is 26.2 Å². The number of amides is 1. The SMILES string of the molecule is CCn1cc([N+](=O)[O-])cc1C(=O)Nc1cnc(Br)c(C)c1. The molecule has 0 bridgehead atoms. The molecule has 0 aliphatic rings. The van der Waals surface area contributed by atoms with Crippen molar-refractivity contribution in [3.05, 3.63) is 50.5 Å². The number of hydrogen-bond acceptors (Lipinski definition) is 4. The Kier molecular flexibility index (Phi) is 4.37. The van der Waals surface area contributed by atoms with Crippen LogP contribution in [0.2, 0.25) is 0 Å². The first-order valence-corrected chi connectivity index (χ1v) is 6.99. The molecular formula is C13H13BrN4O3. The first-order valence-electron chi connectivity index (χ1n) is 6.20. The highest BCUT2D eigenvalue weighted by atomic mass is 79.9. The molecule has 21 heavy (non-hydrogen) atoms. The van der Waals surface area contributed by atoms with E-state index < -0.39 is 10.8 Å². The van der Waals surface area contributed by atoms with Gasteiger partial charge >= 0.3 is 0 Å². The van der Waals surface area contributed by atoms with Gasteiger partial charge in [0.15, 0.2) is 0 Å². The van der Waals surface area contributed by atoms with Gasteiger partial charge in [0.25, 0.3) is 11.6 Å².